The number of rotatable bonds is 7. The fourth-order valence-electron chi connectivity index (χ4n) is 1.22. The van der Waals surface area contributed by atoms with Crippen LogP contribution in [0.1, 0.15) is 32.6 Å². The molecule has 0 saturated heterocycles. The smallest absolute Gasteiger partial charge is 0.0490 e. The fraction of sp³-hybridized carbons (Fsp3) is 1.00. The van der Waals surface area contributed by atoms with Crippen molar-refractivity contribution in [1.82, 2.24) is 0 Å². The van der Waals surface area contributed by atoms with E-state index in [1.807, 2.05) is 0 Å². The summed E-state index contributed by atoms with van der Waals surface area (Å²) < 4.78 is 5.09. The van der Waals surface area contributed by atoms with Gasteiger partial charge in [-0.3, -0.25) is 0 Å². The zero-order valence-electron chi connectivity index (χ0n) is 7.81. The Labute approximate surface area is 70.1 Å². The minimum atomic E-state index is 0.742. The van der Waals surface area contributed by atoms with Crippen LogP contribution in [-0.2, 0) is 4.74 Å². The Morgan fingerprint density at radius 3 is 2.55 bits per heavy atom. The van der Waals surface area contributed by atoms with Crippen LogP contribution in [0.15, 0.2) is 0 Å². The normalized spacial score (nSPS) is 13.4. The fourth-order valence-corrected chi connectivity index (χ4v) is 1.22. The molecule has 0 aromatic carbocycles. The maximum Gasteiger partial charge on any atom is 0.0490 e. The van der Waals surface area contributed by atoms with Gasteiger partial charge in [-0.05, 0) is 25.3 Å². The highest BCUT2D eigenvalue weighted by molar-refractivity contribution is 4.56. The van der Waals surface area contributed by atoms with E-state index in [-0.39, 0.29) is 0 Å². The van der Waals surface area contributed by atoms with E-state index in [1.54, 1.807) is 7.11 Å². The second-order valence-electron chi connectivity index (χ2n) is 3.01. The average Bonchev–Trinajstić information content (AvgIpc) is 2.03. The molecule has 1 unspecified atom stereocenters. The second kappa shape index (κ2) is 8.02. The minimum absolute atomic E-state index is 0.742. The van der Waals surface area contributed by atoms with Crippen LogP contribution < -0.4 is 5.73 Å². The molecule has 0 radical (unpaired) electrons. The molecule has 1 atom stereocenters. The molecule has 2 nitrogen and oxygen atoms in total. The van der Waals surface area contributed by atoms with Crippen LogP contribution in [0.2, 0.25) is 0 Å². The number of unbranched alkanes of at least 4 members (excludes halogenated alkanes) is 1. The summed E-state index contributed by atoms with van der Waals surface area (Å²) in [4.78, 5) is 0. The van der Waals surface area contributed by atoms with Gasteiger partial charge in [-0.1, -0.05) is 19.8 Å². The molecule has 0 saturated carbocycles. The van der Waals surface area contributed by atoms with E-state index in [1.165, 1.54) is 19.3 Å². The first-order valence-electron chi connectivity index (χ1n) is 4.54. The van der Waals surface area contributed by atoms with Crippen LogP contribution >= 0.6 is 0 Å². The number of hydrogen-bond acceptors (Lipinski definition) is 2. The number of hydrogen-bond donors (Lipinski definition) is 1. The van der Waals surface area contributed by atoms with Crippen LogP contribution in [0.25, 0.3) is 0 Å². The van der Waals surface area contributed by atoms with Gasteiger partial charge in [0.15, 0.2) is 0 Å². The molecular formula is C9H21NO. The third-order valence-corrected chi connectivity index (χ3v) is 2.05. The predicted molar refractivity (Wildman–Crippen MR) is 48.6 cm³/mol. The molecule has 68 valence electrons. The third kappa shape index (κ3) is 6.32. The van der Waals surface area contributed by atoms with Crippen molar-refractivity contribution in [3.63, 3.8) is 0 Å². The van der Waals surface area contributed by atoms with Gasteiger partial charge in [0.1, 0.15) is 0 Å². The predicted octanol–water partition coefficient (Wildman–Crippen LogP) is 1.79. The maximum atomic E-state index is 5.40. The summed E-state index contributed by atoms with van der Waals surface area (Å²) in [5, 5.41) is 0. The van der Waals surface area contributed by atoms with Gasteiger partial charge in [-0.25, -0.2) is 0 Å². The molecule has 0 rings (SSSR count). The van der Waals surface area contributed by atoms with Crippen LogP contribution in [-0.4, -0.2) is 20.3 Å². The van der Waals surface area contributed by atoms with Crippen LogP contribution in [0.5, 0.6) is 0 Å². The van der Waals surface area contributed by atoms with Gasteiger partial charge in [-0.15, -0.1) is 0 Å². The van der Waals surface area contributed by atoms with Gasteiger partial charge in [0, 0.05) is 13.7 Å². The zero-order chi connectivity index (χ0) is 8.53. The van der Waals surface area contributed by atoms with Crippen LogP contribution in [0, 0.1) is 5.92 Å². The van der Waals surface area contributed by atoms with E-state index in [0.29, 0.717) is 0 Å². The monoisotopic (exact) mass is 159 g/mol. The van der Waals surface area contributed by atoms with E-state index in [2.05, 4.69) is 6.92 Å². The molecule has 2 N–H and O–H groups in total. The molecule has 0 aliphatic rings. The lowest BCUT2D eigenvalue weighted by molar-refractivity contribution is 0.144. The molecule has 0 aliphatic carbocycles. The first-order valence-corrected chi connectivity index (χ1v) is 4.54. The van der Waals surface area contributed by atoms with Crippen LogP contribution in [0.3, 0.4) is 0 Å². The molecule has 0 aromatic heterocycles. The summed E-state index contributed by atoms with van der Waals surface area (Å²) in [6.07, 6.45) is 4.89. The molecule has 2 heteroatoms. The molecule has 0 heterocycles. The van der Waals surface area contributed by atoms with Crippen molar-refractivity contribution in [2.45, 2.75) is 32.6 Å². The molecular weight excluding hydrogens is 138 g/mol. The number of ether oxygens (including phenoxy) is 1. The first-order chi connectivity index (χ1) is 5.35. The molecule has 0 aliphatic heterocycles. The molecule has 0 spiro atoms. The summed E-state index contributed by atoms with van der Waals surface area (Å²) in [6, 6.07) is 0. The maximum absolute atomic E-state index is 5.40. The van der Waals surface area contributed by atoms with Crippen molar-refractivity contribution in [3.05, 3.63) is 0 Å². The number of methoxy groups -OCH3 is 1. The van der Waals surface area contributed by atoms with Crippen molar-refractivity contribution in [2.24, 2.45) is 11.7 Å². The van der Waals surface area contributed by atoms with Gasteiger partial charge in [0.25, 0.3) is 0 Å². The summed E-state index contributed by atoms with van der Waals surface area (Å²) in [7, 11) is 1.77. The SMILES string of the molecule is CCC(CCCCN)COC. The number of nitrogens with two attached hydrogens (primary N) is 1. The van der Waals surface area contributed by atoms with Crippen molar-refractivity contribution in [2.75, 3.05) is 20.3 Å². The van der Waals surface area contributed by atoms with E-state index < -0.39 is 0 Å². The van der Waals surface area contributed by atoms with E-state index >= 15 is 0 Å². The van der Waals surface area contributed by atoms with E-state index in [9.17, 15) is 0 Å². The van der Waals surface area contributed by atoms with Gasteiger partial charge in [-0.2, -0.15) is 0 Å². The van der Waals surface area contributed by atoms with E-state index in [4.69, 9.17) is 10.5 Å². The van der Waals surface area contributed by atoms with Crippen molar-refractivity contribution < 1.29 is 4.74 Å². The average molecular weight is 159 g/mol. The summed E-state index contributed by atoms with van der Waals surface area (Å²) in [5.74, 6) is 0.742. The lowest BCUT2D eigenvalue weighted by atomic mass is 10.0. The Kier molecular flexibility index (Phi) is 7.96. The summed E-state index contributed by atoms with van der Waals surface area (Å²) >= 11 is 0. The summed E-state index contributed by atoms with van der Waals surface area (Å²) in [6.45, 7) is 3.94. The topological polar surface area (TPSA) is 35.2 Å². The first kappa shape index (κ1) is 10.9. The molecule has 0 aromatic rings. The second-order valence-corrected chi connectivity index (χ2v) is 3.01. The Morgan fingerprint density at radius 1 is 1.36 bits per heavy atom. The standard InChI is InChI=1S/C9H21NO/c1-3-9(8-11-2)6-4-5-7-10/h9H,3-8,10H2,1-2H3. The lowest BCUT2D eigenvalue weighted by Crippen LogP contribution is -2.08. The Morgan fingerprint density at radius 2 is 2.09 bits per heavy atom. The molecule has 0 amide bonds. The molecule has 11 heavy (non-hydrogen) atoms. The van der Waals surface area contributed by atoms with Gasteiger partial charge >= 0.3 is 0 Å². The van der Waals surface area contributed by atoms with E-state index in [0.717, 1.165) is 25.5 Å². The Hall–Kier alpha value is -0.0800. The highest BCUT2D eigenvalue weighted by atomic mass is 16.5. The third-order valence-electron chi connectivity index (χ3n) is 2.05. The summed E-state index contributed by atoms with van der Waals surface area (Å²) in [5.41, 5.74) is 5.40. The molecule has 0 bridgehead atoms. The lowest BCUT2D eigenvalue weighted by Gasteiger charge is -2.12. The van der Waals surface area contributed by atoms with Crippen molar-refractivity contribution >= 4 is 0 Å². The van der Waals surface area contributed by atoms with Gasteiger partial charge in [0.05, 0.1) is 0 Å². The Balaban J connectivity index is 3.20. The quantitative estimate of drug-likeness (QED) is 0.575. The van der Waals surface area contributed by atoms with Gasteiger partial charge < -0.3 is 10.5 Å². The zero-order valence-corrected chi connectivity index (χ0v) is 7.81. The van der Waals surface area contributed by atoms with Crippen molar-refractivity contribution in [1.29, 1.82) is 0 Å². The Bertz CT molecular complexity index is 76.0. The van der Waals surface area contributed by atoms with Crippen molar-refractivity contribution in [3.8, 4) is 0 Å². The largest absolute Gasteiger partial charge is 0.384 e. The van der Waals surface area contributed by atoms with Crippen LogP contribution in [0.4, 0.5) is 0 Å². The highest BCUT2D eigenvalue weighted by Gasteiger charge is 2.03. The minimum Gasteiger partial charge on any atom is -0.384 e. The molecule has 0 fully saturated rings. The highest BCUT2D eigenvalue weighted by Crippen LogP contribution is 2.11. The van der Waals surface area contributed by atoms with Gasteiger partial charge in [0.2, 0.25) is 0 Å².